The van der Waals surface area contributed by atoms with E-state index in [2.05, 4.69) is 10.6 Å². The molecule has 29 heavy (non-hydrogen) atoms. The van der Waals surface area contributed by atoms with Gasteiger partial charge >= 0.3 is 6.03 Å². The van der Waals surface area contributed by atoms with Crippen molar-refractivity contribution in [3.05, 3.63) is 53.6 Å². The van der Waals surface area contributed by atoms with Crippen molar-refractivity contribution >= 4 is 29.0 Å². The van der Waals surface area contributed by atoms with Gasteiger partial charge in [-0.2, -0.15) is 0 Å². The fraction of sp³-hybridized carbons (Fsp3) is 0.333. The lowest BCUT2D eigenvalue weighted by Gasteiger charge is -2.28. The summed E-state index contributed by atoms with van der Waals surface area (Å²) in [6, 6.07) is 7.24. The lowest BCUT2D eigenvalue weighted by atomic mass is 10.1. The number of hydrogen-bond acceptors (Lipinski definition) is 3. The highest BCUT2D eigenvalue weighted by molar-refractivity contribution is 6.04. The maximum atomic E-state index is 13.7. The van der Waals surface area contributed by atoms with E-state index in [0.717, 1.165) is 37.1 Å². The first kappa shape index (κ1) is 20.6. The van der Waals surface area contributed by atoms with E-state index < -0.39 is 17.7 Å². The topological polar surface area (TPSA) is 64.7 Å². The van der Waals surface area contributed by atoms with Gasteiger partial charge in [-0.25, -0.2) is 13.6 Å². The molecular formula is C21H24F2N4O2. The third-order valence-corrected chi connectivity index (χ3v) is 4.79. The second-order valence-electron chi connectivity index (χ2n) is 7.18. The molecule has 0 aliphatic carbocycles. The minimum absolute atomic E-state index is 0.0814. The van der Waals surface area contributed by atoms with Crippen LogP contribution in [0.4, 0.5) is 30.6 Å². The molecule has 3 rings (SSSR count). The smallest absolute Gasteiger partial charge is 0.323 e. The van der Waals surface area contributed by atoms with Crippen LogP contribution in [-0.2, 0) is 0 Å². The molecule has 0 aromatic heterocycles. The first-order valence-electron chi connectivity index (χ1n) is 9.49. The van der Waals surface area contributed by atoms with Gasteiger partial charge in [0, 0.05) is 44.6 Å². The van der Waals surface area contributed by atoms with Crippen molar-refractivity contribution in [1.29, 1.82) is 0 Å². The van der Waals surface area contributed by atoms with Crippen LogP contribution in [-0.4, -0.2) is 44.0 Å². The van der Waals surface area contributed by atoms with Crippen LogP contribution >= 0.6 is 0 Å². The molecule has 3 amide bonds. The number of hydrogen-bond donors (Lipinski definition) is 2. The number of halogens is 2. The standard InChI is InChI=1S/C21H24F2N4O2/c1-26(2)19-9-7-15(13-16(19)20(28)27-10-4-3-5-11-27)24-21(29)25-18-8-6-14(22)12-17(18)23/h6-9,12-13H,3-5,10-11H2,1-2H3,(H2,24,25,29). The Hall–Kier alpha value is -3.16. The average Bonchev–Trinajstić information content (AvgIpc) is 2.70. The Labute approximate surface area is 168 Å². The highest BCUT2D eigenvalue weighted by Crippen LogP contribution is 2.26. The van der Waals surface area contributed by atoms with Crippen molar-refractivity contribution in [1.82, 2.24) is 4.90 Å². The first-order chi connectivity index (χ1) is 13.8. The summed E-state index contributed by atoms with van der Waals surface area (Å²) < 4.78 is 26.7. The zero-order chi connectivity index (χ0) is 21.0. The molecule has 1 saturated heterocycles. The summed E-state index contributed by atoms with van der Waals surface area (Å²) in [6.45, 7) is 1.43. The Morgan fingerprint density at radius 1 is 0.966 bits per heavy atom. The molecule has 8 heteroatoms. The molecule has 154 valence electrons. The normalized spacial score (nSPS) is 13.7. The van der Waals surface area contributed by atoms with Gasteiger partial charge in [-0.15, -0.1) is 0 Å². The Morgan fingerprint density at radius 3 is 2.34 bits per heavy atom. The number of rotatable bonds is 4. The summed E-state index contributed by atoms with van der Waals surface area (Å²) in [5.41, 5.74) is 1.49. The zero-order valence-electron chi connectivity index (χ0n) is 16.5. The first-order valence-corrected chi connectivity index (χ1v) is 9.49. The summed E-state index contributed by atoms with van der Waals surface area (Å²) in [5, 5.41) is 4.93. The van der Waals surface area contributed by atoms with Gasteiger partial charge in [0.15, 0.2) is 0 Å². The van der Waals surface area contributed by atoms with Crippen LogP contribution in [0, 0.1) is 11.6 Å². The van der Waals surface area contributed by atoms with E-state index in [1.54, 1.807) is 18.2 Å². The van der Waals surface area contributed by atoms with E-state index in [1.807, 2.05) is 23.9 Å². The quantitative estimate of drug-likeness (QED) is 0.801. The van der Waals surface area contributed by atoms with E-state index in [0.29, 0.717) is 30.4 Å². The fourth-order valence-electron chi connectivity index (χ4n) is 3.32. The number of piperidine rings is 1. The number of amides is 3. The summed E-state index contributed by atoms with van der Waals surface area (Å²) >= 11 is 0. The van der Waals surface area contributed by atoms with Crippen molar-refractivity contribution in [3.63, 3.8) is 0 Å². The van der Waals surface area contributed by atoms with Gasteiger partial charge in [-0.3, -0.25) is 4.79 Å². The number of nitrogens with one attached hydrogen (secondary N) is 2. The maximum absolute atomic E-state index is 13.7. The van der Waals surface area contributed by atoms with Gasteiger partial charge in [-0.1, -0.05) is 0 Å². The van der Waals surface area contributed by atoms with Crippen LogP contribution in [0.25, 0.3) is 0 Å². The van der Waals surface area contributed by atoms with Crippen LogP contribution in [0.5, 0.6) is 0 Å². The van der Waals surface area contributed by atoms with Gasteiger partial charge in [0.1, 0.15) is 11.6 Å². The molecule has 0 bridgehead atoms. The molecule has 0 saturated carbocycles. The maximum Gasteiger partial charge on any atom is 0.323 e. The second-order valence-corrected chi connectivity index (χ2v) is 7.18. The molecule has 2 aromatic rings. The van der Waals surface area contributed by atoms with Crippen LogP contribution in [0.3, 0.4) is 0 Å². The minimum Gasteiger partial charge on any atom is -0.377 e. The van der Waals surface area contributed by atoms with Gasteiger partial charge in [0.05, 0.1) is 11.3 Å². The molecule has 0 spiro atoms. The average molecular weight is 402 g/mol. The van der Waals surface area contributed by atoms with E-state index in [1.165, 1.54) is 0 Å². The number of carbonyl (C=O) groups is 2. The predicted molar refractivity (Wildman–Crippen MR) is 110 cm³/mol. The molecule has 2 N–H and O–H groups in total. The van der Waals surface area contributed by atoms with Crippen LogP contribution < -0.4 is 15.5 Å². The number of urea groups is 1. The van der Waals surface area contributed by atoms with Gasteiger partial charge in [0.2, 0.25) is 0 Å². The number of anilines is 3. The summed E-state index contributed by atoms with van der Waals surface area (Å²) in [6.07, 6.45) is 3.07. The lowest BCUT2D eigenvalue weighted by molar-refractivity contribution is 0.0725. The fourth-order valence-corrected chi connectivity index (χ4v) is 3.32. The Balaban J connectivity index is 1.78. The van der Waals surface area contributed by atoms with Crippen molar-refractivity contribution in [2.24, 2.45) is 0 Å². The van der Waals surface area contributed by atoms with Crippen LogP contribution in [0.2, 0.25) is 0 Å². The van der Waals surface area contributed by atoms with Crippen molar-refractivity contribution in [3.8, 4) is 0 Å². The van der Waals surface area contributed by atoms with Crippen molar-refractivity contribution in [2.75, 3.05) is 42.7 Å². The van der Waals surface area contributed by atoms with E-state index in [-0.39, 0.29) is 11.6 Å². The predicted octanol–water partition coefficient (Wildman–Crippen LogP) is 4.30. The number of likely N-dealkylation sites (tertiary alicyclic amines) is 1. The van der Waals surface area contributed by atoms with Gasteiger partial charge < -0.3 is 20.4 Å². The zero-order valence-corrected chi connectivity index (χ0v) is 16.5. The summed E-state index contributed by atoms with van der Waals surface area (Å²) in [5.74, 6) is -1.68. The molecule has 0 unspecified atom stereocenters. The summed E-state index contributed by atoms with van der Waals surface area (Å²) in [4.78, 5) is 28.9. The Kier molecular flexibility index (Phi) is 6.31. The highest BCUT2D eigenvalue weighted by Gasteiger charge is 2.22. The van der Waals surface area contributed by atoms with E-state index in [9.17, 15) is 18.4 Å². The summed E-state index contributed by atoms with van der Waals surface area (Å²) in [7, 11) is 3.69. The second kappa shape index (κ2) is 8.89. The number of benzene rings is 2. The molecule has 6 nitrogen and oxygen atoms in total. The lowest BCUT2D eigenvalue weighted by Crippen LogP contribution is -2.36. The van der Waals surface area contributed by atoms with Gasteiger partial charge in [-0.05, 0) is 49.6 Å². The molecule has 1 aliphatic heterocycles. The van der Waals surface area contributed by atoms with Gasteiger partial charge in [0.25, 0.3) is 5.91 Å². The molecule has 1 aliphatic rings. The molecule has 1 heterocycles. The van der Waals surface area contributed by atoms with Crippen molar-refractivity contribution < 1.29 is 18.4 Å². The largest absolute Gasteiger partial charge is 0.377 e. The molecular weight excluding hydrogens is 378 g/mol. The number of carbonyl (C=O) groups excluding carboxylic acids is 2. The van der Waals surface area contributed by atoms with E-state index in [4.69, 9.17) is 0 Å². The van der Waals surface area contributed by atoms with E-state index >= 15 is 0 Å². The SMILES string of the molecule is CN(C)c1ccc(NC(=O)Nc2ccc(F)cc2F)cc1C(=O)N1CCCCC1. The molecule has 0 radical (unpaired) electrons. The van der Waals surface area contributed by atoms with Crippen LogP contribution in [0.1, 0.15) is 29.6 Å². The third kappa shape index (κ3) is 5.01. The Morgan fingerprint density at radius 2 is 1.69 bits per heavy atom. The van der Waals surface area contributed by atoms with Crippen LogP contribution in [0.15, 0.2) is 36.4 Å². The molecule has 1 fully saturated rings. The van der Waals surface area contributed by atoms with Crippen molar-refractivity contribution in [2.45, 2.75) is 19.3 Å². The monoisotopic (exact) mass is 402 g/mol. The third-order valence-electron chi connectivity index (χ3n) is 4.79. The molecule has 0 atom stereocenters. The highest BCUT2D eigenvalue weighted by atomic mass is 19.1. The molecule has 2 aromatic carbocycles. The number of nitrogens with zero attached hydrogens (tertiary/aromatic N) is 2. The minimum atomic E-state index is -0.871. The Bertz CT molecular complexity index is 912.